The zero-order valence-electron chi connectivity index (χ0n) is 12.6. The van der Waals surface area contributed by atoms with Crippen LogP contribution in [0.15, 0.2) is 30.3 Å². The van der Waals surface area contributed by atoms with Crippen molar-refractivity contribution in [2.24, 2.45) is 5.92 Å². The number of likely N-dealkylation sites (N-methyl/N-ethyl adjacent to an activating group) is 1. The smallest absolute Gasteiger partial charge is 0.323 e. The van der Waals surface area contributed by atoms with Crippen LogP contribution < -0.4 is 0 Å². The summed E-state index contributed by atoms with van der Waals surface area (Å²) in [6.45, 7) is 0.651. The normalized spacial score (nSPS) is 17.9. The summed E-state index contributed by atoms with van der Waals surface area (Å²) in [4.78, 5) is 38.3. The predicted octanol–water partition coefficient (Wildman–Crippen LogP) is 1.08. The second kappa shape index (κ2) is 7.06. The number of carbonyl (C=O) groups excluding carboxylic acids is 2. The van der Waals surface area contributed by atoms with Gasteiger partial charge in [0.1, 0.15) is 6.54 Å². The van der Waals surface area contributed by atoms with Crippen molar-refractivity contribution in [2.75, 3.05) is 26.7 Å². The Morgan fingerprint density at radius 3 is 2.59 bits per heavy atom. The second-order valence-corrected chi connectivity index (χ2v) is 5.54. The highest BCUT2D eigenvalue weighted by atomic mass is 16.4. The van der Waals surface area contributed by atoms with Gasteiger partial charge >= 0.3 is 5.97 Å². The van der Waals surface area contributed by atoms with Gasteiger partial charge in [-0.25, -0.2) is 0 Å². The molecule has 22 heavy (non-hydrogen) atoms. The molecule has 0 bridgehead atoms. The number of piperidine rings is 1. The van der Waals surface area contributed by atoms with Crippen LogP contribution in [0, 0.1) is 5.92 Å². The number of benzene rings is 1. The standard InChI is InChI=1S/C16H20N2O4/c1-17(11-14(19)20)15(21)13-8-5-9-18(10-13)16(22)12-6-3-2-4-7-12/h2-4,6-7,13H,5,8-11H2,1H3,(H,19,20). The number of aliphatic carboxylic acids is 1. The molecule has 1 aliphatic rings. The van der Waals surface area contributed by atoms with E-state index in [1.807, 2.05) is 6.07 Å². The molecule has 0 radical (unpaired) electrons. The lowest BCUT2D eigenvalue weighted by atomic mass is 9.96. The van der Waals surface area contributed by atoms with Crippen molar-refractivity contribution in [3.05, 3.63) is 35.9 Å². The van der Waals surface area contributed by atoms with E-state index in [9.17, 15) is 14.4 Å². The first kappa shape index (κ1) is 16.0. The Hall–Kier alpha value is -2.37. The van der Waals surface area contributed by atoms with Gasteiger partial charge in [-0.2, -0.15) is 0 Å². The molecule has 0 aliphatic carbocycles. The Balaban J connectivity index is 2.01. The van der Waals surface area contributed by atoms with Crippen LogP contribution in [0.4, 0.5) is 0 Å². The number of carboxylic acids is 1. The predicted molar refractivity (Wildman–Crippen MR) is 80.3 cm³/mol. The monoisotopic (exact) mass is 304 g/mol. The fourth-order valence-corrected chi connectivity index (χ4v) is 2.72. The summed E-state index contributed by atoms with van der Waals surface area (Å²) in [7, 11) is 1.48. The molecule has 1 heterocycles. The molecule has 1 N–H and O–H groups in total. The summed E-state index contributed by atoms with van der Waals surface area (Å²) in [5, 5.41) is 8.76. The quantitative estimate of drug-likeness (QED) is 0.903. The molecule has 0 spiro atoms. The molecular formula is C16H20N2O4. The van der Waals surface area contributed by atoms with E-state index >= 15 is 0 Å². The van der Waals surface area contributed by atoms with Gasteiger partial charge in [-0.3, -0.25) is 14.4 Å². The third kappa shape index (κ3) is 3.84. The maximum absolute atomic E-state index is 12.4. The van der Waals surface area contributed by atoms with E-state index in [0.717, 1.165) is 6.42 Å². The van der Waals surface area contributed by atoms with Crippen LogP contribution in [0.5, 0.6) is 0 Å². The minimum absolute atomic E-state index is 0.0843. The van der Waals surface area contributed by atoms with Gasteiger partial charge in [0.2, 0.25) is 5.91 Å². The van der Waals surface area contributed by atoms with Crippen molar-refractivity contribution in [2.45, 2.75) is 12.8 Å². The van der Waals surface area contributed by atoms with Crippen molar-refractivity contribution >= 4 is 17.8 Å². The summed E-state index contributed by atoms with van der Waals surface area (Å²) in [5.74, 6) is -1.67. The summed E-state index contributed by atoms with van der Waals surface area (Å²) < 4.78 is 0. The Morgan fingerprint density at radius 2 is 1.95 bits per heavy atom. The number of nitrogens with zero attached hydrogens (tertiary/aromatic N) is 2. The van der Waals surface area contributed by atoms with E-state index in [1.54, 1.807) is 29.2 Å². The number of hydrogen-bond acceptors (Lipinski definition) is 3. The molecule has 6 nitrogen and oxygen atoms in total. The van der Waals surface area contributed by atoms with Gasteiger partial charge in [0.25, 0.3) is 5.91 Å². The van der Waals surface area contributed by atoms with Gasteiger partial charge in [-0.05, 0) is 25.0 Å². The van der Waals surface area contributed by atoms with Crippen LogP contribution in [0.3, 0.4) is 0 Å². The van der Waals surface area contributed by atoms with Crippen LogP contribution in [0.1, 0.15) is 23.2 Å². The van der Waals surface area contributed by atoms with Gasteiger partial charge < -0.3 is 14.9 Å². The average molecular weight is 304 g/mol. The first-order valence-electron chi connectivity index (χ1n) is 7.30. The van der Waals surface area contributed by atoms with Gasteiger partial charge in [0.15, 0.2) is 0 Å². The Labute approximate surface area is 129 Å². The second-order valence-electron chi connectivity index (χ2n) is 5.54. The molecule has 2 rings (SSSR count). The fourth-order valence-electron chi connectivity index (χ4n) is 2.72. The van der Waals surface area contributed by atoms with Crippen molar-refractivity contribution < 1.29 is 19.5 Å². The number of hydrogen-bond donors (Lipinski definition) is 1. The Kier molecular flexibility index (Phi) is 5.14. The largest absolute Gasteiger partial charge is 0.480 e. The Bertz CT molecular complexity index is 559. The summed E-state index contributed by atoms with van der Waals surface area (Å²) in [6, 6.07) is 8.97. The molecule has 1 unspecified atom stereocenters. The van der Waals surface area contributed by atoms with Gasteiger partial charge in [0, 0.05) is 25.7 Å². The fraction of sp³-hybridized carbons (Fsp3) is 0.438. The highest BCUT2D eigenvalue weighted by Gasteiger charge is 2.30. The first-order chi connectivity index (χ1) is 10.5. The van der Waals surface area contributed by atoms with Crippen molar-refractivity contribution in [1.82, 2.24) is 9.80 Å². The molecule has 1 saturated heterocycles. The van der Waals surface area contributed by atoms with E-state index in [1.165, 1.54) is 11.9 Å². The molecule has 1 aliphatic heterocycles. The maximum Gasteiger partial charge on any atom is 0.323 e. The summed E-state index contributed by atoms with van der Waals surface area (Å²) >= 11 is 0. The number of carboxylic acid groups (broad SMARTS) is 1. The molecular weight excluding hydrogens is 284 g/mol. The lowest BCUT2D eigenvalue weighted by Crippen LogP contribution is -2.46. The summed E-state index contributed by atoms with van der Waals surface area (Å²) in [5.41, 5.74) is 0.606. The molecule has 1 fully saturated rings. The van der Waals surface area contributed by atoms with Crippen LogP contribution >= 0.6 is 0 Å². The van der Waals surface area contributed by atoms with E-state index in [-0.39, 0.29) is 24.3 Å². The van der Waals surface area contributed by atoms with Gasteiger partial charge in [-0.1, -0.05) is 18.2 Å². The van der Waals surface area contributed by atoms with E-state index in [0.29, 0.717) is 25.1 Å². The average Bonchev–Trinajstić information content (AvgIpc) is 2.53. The lowest BCUT2D eigenvalue weighted by molar-refractivity contribution is -0.145. The van der Waals surface area contributed by atoms with E-state index < -0.39 is 5.97 Å². The number of rotatable bonds is 4. The minimum Gasteiger partial charge on any atom is -0.480 e. The highest BCUT2D eigenvalue weighted by molar-refractivity contribution is 5.94. The zero-order valence-corrected chi connectivity index (χ0v) is 12.6. The highest BCUT2D eigenvalue weighted by Crippen LogP contribution is 2.20. The molecule has 2 amide bonds. The van der Waals surface area contributed by atoms with Crippen LogP contribution in [0.25, 0.3) is 0 Å². The van der Waals surface area contributed by atoms with E-state index in [2.05, 4.69) is 0 Å². The third-order valence-corrected chi connectivity index (χ3v) is 3.83. The van der Waals surface area contributed by atoms with Crippen molar-refractivity contribution in [3.8, 4) is 0 Å². The number of likely N-dealkylation sites (tertiary alicyclic amines) is 1. The molecule has 0 saturated carbocycles. The van der Waals surface area contributed by atoms with Crippen LogP contribution in [0.2, 0.25) is 0 Å². The Morgan fingerprint density at radius 1 is 1.27 bits per heavy atom. The molecule has 118 valence electrons. The number of amides is 2. The molecule has 1 aromatic rings. The molecule has 0 aromatic heterocycles. The van der Waals surface area contributed by atoms with Crippen LogP contribution in [-0.2, 0) is 9.59 Å². The summed E-state index contributed by atoms with van der Waals surface area (Å²) in [6.07, 6.45) is 1.43. The van der Waals surface area contributed by atoms with Gasteiger partial charge in [0.05, 0.1) is 5.92 Å². The minimum atomic E-state index is -1.04. The SMILES string of the molecule is CN(CC(=O)O)C(=O)C1CCCN(C(=O)c2ccccc2)C1. The molecule has 1 aromatic carbocycles. The maximum atomic E-state index is 12.4. The van der Waals surface area contributed by atoms with Gasteiger partial charge in [-0.15, -0.1) is 0 Å². The lowest BCUT2D eigenvalue weighted by Gasteiger charge is -2.33. The zero-order chi connectivity index (χ0) is 16.1. The topological polar surface area (TPSA) is 77.9 Å². The molecule has 6 heteroatoms. The molecule has 1 atom stereocenters. The van der Waals surface area contributed by atoms with Crippen molar-refractivity contribution in [1.29, 1.82) is 0 Å². The van der Waals surface area contributed by atoms with Crippen molar-refractivity contribution in [3.63, 3.8) is 0 Å². The third-order valence-electron chi connectivity index (χ3n) is 3.83. The first-order valence-corrected chi connectivity index (χ1v) is 7.30. The number of carbonyl (C=O) groups is 3. The van der Waals surface area contributed by atoms with E-state index in [4.69, 9.17) is 5.11 Å². The van der Waals surface area contributed by atoms with Crippen LogP contribution in [-0.4, -0.2) is 59.4 Å².